The number of pyridine rings is 1. The zero-order chi connectivity index (χ0) is 10.5. The van der Waals surface area contributed by atoms with Crippen molar-refractivity contribution in [3.63, 3.8) is 0 Å². The third-order valence-electron chi connectivity index (χ3n) is 1.86. The Hall–Kier alpha value is -2.17. The molecule has 0 aliphatic carbocycles. The number of rotatable bonds is 3. The van der Waals surface area contributed by atoms with Crippen molar-refractivity contribution < 1.29 is 9.21 Å². The van der Waals surface area contributed by atoms with Gasteiger partial charge in [0.1, 0.15) is 0 Å². The molecule has 2 heterocycles. The highest BCUT2D eigenvalue weighted by atomic mass is 16.3. The van der Waals surface area contributed by atoms with Crippen molar-refractivity contribution in [3.8, 4) is 0 Å². The molecule has 0 unspecified atom stereocenters. The molecule has 1 N–H and O–H groups in total. The predicted octanol–water partition coefficient (Wildman–Crippen LogP) is 1.000. The molecule has 5 nitrogen and oxygen atoms in total. The Bertz CT molecular complexity index is 425. The third kappa shape index (κ3) is 2.40. The molecule has 0 aromatic carbocycles. The summed E-state index contributed by atoms with van der Waals surface area (Å²) in [4.78, 5) is 19.0. The normalized spacial score (nSPS) is 9.87. The van der Waals surface area contributed by atoms with Crippen molar-refractivity contribution in [3.05, 3.63) is 48.4 Å². The lowest BCUT2D eigenvalue weighted by Gasteiger charge is -2.01. The Kier molecular flexibility index (Phi) is 2.73. The van der Waals surface area contributed by atoms with Gasteiger partial charge in [-0.25, -0.2) is 4.98 Å². The Labute approximate surface area is 86.2 Å². The summed E-state index contributed by atoms with van der Waals surface area (Å²) in [6.07, 6.45) is 5.95. The smallest absolute Gasteiger partial charge is 0.288 e. The highest BCUT2D eigenvalue weighted by Crippen LogP contribution is 1.99. The van der Waals surface area contributed by atoms with Crippen molar-refractivity contribution in [1.29, 1.82) is 0 Å². The molecule has 1 amide bonds. The van der Waals surface area contributed by atoms with E-state index in [0.717, 1.165) is 5.56 Å². The average molecular weight is 203 g/mol. The van der Waals surface area contributed by atoms with Crippen LogP contribution in [0.1, 0.15) is 16.1 Å². The summed E-state index contributed by atoms with van der Waals surface area (Å²) in [7, 11) is 0. The first-order valence-corrected chi connectivity index (χ1v) is 4.42. The fraction of sp³-hybridized carbons (Fsp3) is 0.100. The van der Waals surface area contributed by atoms with Gasteiger partial charge in [0, 0.05) is 18.9 Å². The molecule has 76 valence electrons. The van der Waals surface area contributed by atoms with Gasteiger partial charge in [-0.1, -0.05) is 0 Å². The van der Waals surface area contributed by atoms with E-state index in [1.165, 1.54) is 12.6 Å². The maximum atomic E-state index is 11.4. The highest BCUT2D eigenvalue weighted by Gasteiger charge is 2.07. The van der Waals surface area contributed by atoms with Gasteiger partial charge in [0.25, 0.3) is 5.91 Å². The standard InChI is InChI=1S/C10H9N3O2/c14-10(9-6-12-7-15-9)13-5-8-1-3-11-4-2-8/h1-4,6-7H,5H2,(H,13,14). The van der Waals surface area contributed by atoms with Crippen LogP contribution in [0.4, 0.5) is 0 Å². The van der Waals surface area contributed by atoms with Crippen molar-refractivity contribution in [2.24, 2.45) is 0 Å². The first-order valence-electron chi connectivity index (χ1n) is 4.42. The molecule has 5 heteroatoms. The molecule has 0 atom stereocenters. The van der Waals surface area contributed by atoms with E-state index < -0.39 is 0 Å². The van der Waals surface area contributed by atoms with Crippen LogP contribution in [-0.2, 0) is 6.54 Å². The van der Waals surface area contributed by atoms with E-state index >= 15 is 0 Å². The molecule has 2 aromatic rings. The lowest BCUT2D eigenvalue weighted by atomic mass is 10.3. The third-order valence-corrected chi connectivity index (χ3v) is 1.86. The molecule has 0 aliphatic rings. The van der Waals surface area contributed by atoms with Crippen LogP contribution in [0.3, 0.4) is 0 Å². The lowest BCUT2D eigenvalue weighted by molar-refractivity contribution is 0.0923. The number of carbonyl (C=O) groups excluding carboxylic acids is 1. The van der Waals surface area contributed by atoms with E-state index in [-0.39, 0.29) is 11.7 Å². The minimum absolute atomic E-state index is 0.212. The van der Waals surface area contributed by atoms with Gasteiger partial charge in [-0.05, 0) is 17.7 Å². The number of nitrogens with zero attached hydrogens (tertiary/aromatic N) is 2. The fourth-order valence-corrected chi connectivity index (χ4v) is 1.10. The van der Waals surface area contributed by atoms with Crippen LogP contribution in [0.2, 0.25) is 0 Å². The van der Waals surface area contributed by atoms with Gasteiger partial charge < -0.3 is 9.73 Å². The second-order valence-corrected chi connectivity index (χ2v) is 2.90. The van der Waals surface area contributed by atoms with Gasteiger partial charge in [0.2, 0.25) is 5.76 Å². The van der Waals surface area contributed by atoms with Crippen LogP contribution >= 0.6 is 0 Å². The monoisotopic (exact) mass is 203 g/mol. The van der Waals surface area contributed by atoms with Gasteiger partial charge in [0.05, 0.1) is 6.20 Å². The van der Waals surface area contributed by atoms with E-state index in [1.807, 2.05) is 12.1 Å². The van der Waals surface area contributed by atoms with Gasteiger partial charge in [0.15, 0.2) is 6.39 Å². The summed E-state index contributed by atoms with van der Waals surface area (Å²) in [6.45, 7) is 0.446. The maximum Gasteiger partial charge on any atom is 0.288 e. The van der Waals surface area contributed by atoms with E-state index in [4.69, 9.17) is 4.42 Å². The molecule has 0 spiro atoms. The van der Waals surface area contributed by atoms with Crippen molar-refractivity contribution in [1.82, 2.24) is 15.3 Å². The first kappa shape index (κ1) is 9.39. The fourth-order valence-electron chi connectivity index (χ4n) is 1.10. The first-order chi connectivity index (χ1) is 7.36. The lowest BCUT2D eigenvalue weighted by Crippen LogP contribution is -2.22. The molecule has 2 aromatic heterocycles. The Morgan fingerprint density at radius 3 is 2.80 bits per heavy atom. The largest absolute Gasteiger partial charge is 0.438 e. The molecule has 0 bridgehead atoms. The van der Waals surface area contributed by atoms with Crippen LogP contribution in [-0.4, -0.2) is 15.9 Å². The van der Waals surface area contributed by atoms with Crippen LogP contribution in [0.5, 0.6) is 0 Å². The molecule has 15 heavy (non-hydrogen) atoms. The van der Waals surface area contributed by atoms with Crippen LogP contribution < -0.4 is 5.32 Å². The van der Waals surface area contributed by atoms with Crippen LogP contribution in [0.15, 0.2) is 41.5 Å². The van der Waals surface area contributed by atoms with Gasteiger partial charge in [-0.2, -0.15) is 0 Å². The minimum Gasteiger partial charge on any atom is -0.438 e. The SMILES string of the molecule is O=C(NCc1ccncc1)c1cnco1. The van der Waals surface area contributed by atoms with Crippen molar-refractivity contribution in [2.45, 2.75) is 6.54 Å². The Morgan fingerprint density at radius 2 is 2.13 bits per heavy atom. The number of hydrogen-bond acceptors (Lipinski definition) is 4. The van der Waals surface area contributed by atoms with Crippen molar-refractivity contribution in [2.75, 3.05) is 0 Å². The molecular weight excluding hydrogens is 194 g/mol. The average Bonchev–Trinajstić information content (AvgIpc) is 2.81. The van der Waals surface area contributed by atoms with Crippen LogP contribution in [0, 0.1) is 0 Å². The summed E-state index contributed by atoms with van der Waals surface area (Å²) < 4.78 is 4.85. The second kappa shape index (κ2) is 4.36. The summed E-state index contributed by atoms with van der Waals surface area (Å²) in [5, 5.41) is 2.70. The number of hydrogen-bond donors (Lipinski definition) is 1. The second-order valence-electron chi connectivity index (χ2n) is 2.90. The zero-order valence-corrected chi connectivity index (χ0v) is 7.88. The van der Waals surface area contributed by atoms with E-state index in [9.17, 15) is 4.79 Å². The molecule has 2 rings (SSSR count). The zero-order valence-electron chi connectivity index (χ0n) is 7.88. The van der Waals surface area contributed by atoms with Gasteiger partial charge >= 0.3 is 0 Å². The topological polar surface area (TPSA) is 68.0 Å². The molecule has 0 saturated carbocycles. The van der Waals surface area contributed by atoms with E-state index in [1.54, 1.807) is 12.4 Å². The highest BCUT2D eigenvalue weighted by molar-refractivity contribution is 5.90. The quantitative estimate of drug-likeness (QED) is 0.808. The molecule has 0 saturated heterocycles. The van der Waals surface area contributed by atoms with E-state index in [2.05, 4.69) is 15.3 Å². The van der Waals surface area contributed by atoms with Crippen molar-refractivity contribution >= 4 is 5.91 Å². The Morgan fingerprint density at radius 1 is 1.33 bits per heavy atom. The Balaban J connectivity index is 1.92. The van der Waals surface area contributed by atoms with Gasteiger partial charge in [-0.15, -0.1) is 0 Å². The van der Waals surface area contributed by atoms with Crippen LogP contribution in [0.25, 0.3) is 0 Å². The molecule has 0 aliphatic heterocycles. The predicted molar refractivity (Wildman–Crippen MR) is 51.9 cm³/mol. The number of oxazole rings is 1. The number of nitrogens with one attached hydrogen (secondary N) is 1. The summed E-state index contributed by atoms with van der Waals surface area (Å²) in [5.41, 5.74) is 0.984. The summed E-state index contributed by atoms with van der Waals surface area (Å²) >= 11 is 0. The molecule has 0 radical (unpaired) electrons. The summed E-state index contributed by atoms with van der Waals surface area (Å²) in [5.74, 6) is -0.0617. The summed E-state index contributed by atoms with van der Waals surface area (Å²) in [6, 6.07) is 3.67. The number of carbonyl (C=O) groups is 1. The van der Waals surface area contributed by atoms with Gasteiger partial charge in [-0.3, -0.25) is 9.78 Å². The van der Waals surface area contributed by atoms with E-state index in [0.29, 0.717) is 6.54 Å². The number of aromatic nitrogens is 2. The number of amides is 1. The maximum absolute atomic E-state index is 11.4. The molecule has 0 fully saturated rings. The molecular formula is C10H9N3O2. The minimum atomic E-state index is -0.274.